The summed E-state index contributed by atoms with van der Waals surface area (Å²) in [5.41, 5.74) is 0.749. The second-order valence-corrected chi connectivity index (χ2v) is 7.10. The Morgan fingerprint density at radius 1 is 1.29 bits per heavy atom. The molecular formula is C16H20N4O3S. The highest BCUT2D eigenvalue weighted by Crippen LogP contribution is 2.22. The average Bonchev–Trinajstić information content (AvgIpc) is 3.30. The number of hydrogen-bond acceptors (Lipinski definition) is 5. The van der Waals surface area contributed by atoms with E-state index in [0.29, 0.717) is 26.1 Å². The molecule has 2 fully saturated rings. The zero-order chi connectivity index (χ0) is 16.5. The molecule has 4 heterocycles. The quantitative estimate of drug-likeness (QED) is 0.843. The van der Waals surface area contributed by atoms with E-state index in [0.717, 1.165) is 29.9 Å². The maximum Gasteiger partial charge on any atom is 0.268 e. The minimum absolute atomic E-state index is 0.0337. The summed E-state index contributed by atoms with van der Waals surface area (Å²) in [6.45, 7) is 1.83. The Bertz CT molecular complexity index is 721. The zero-order valence-corrected chi connectivity index (χ0v) is 14.2. The van der Waals surface area contributed by atoms with E-state index in [1.54, 1.807) is 16.2 Å². The van der Waals surface area contributed by atoms with Crippen molar-refractivity contribution in [2.45, 2.75) is 38.1 Å². The Morgan fingerprint density at radius 2 is 2.21 bits per heavy atom. The first-order valence-electron chi connectivity index (χ1n) is 8.37. The number of aromatic nitrogens is 2. The van der Waals surface area contributed by atoms with Gasteiger partial charge in [0, 0.05) is 30.9 Å². The van der Waals surface area contributed by atoms with Crippen LogP contribution in [0.3, 0.4) is 0 Å². The Morgan fingerprint density at radius 3 is 3.00 bits per heavy atom. The lowest BCUT2D eigenvalue weighted by molar-refractivity contribution is -0.201. The molecule has 2 aliphatic rings. The molecule has 0 radical (unpaired) electrons. The maximum atomic E-state index is 12.7. The van der Waals surface area contributed by atoms with Crippen LogP contribution >= 0.6 is 11.3 Å². The van der Waals surface area contributed by atoms with Gasteiger partial charge in [-0.3, -0.25) is 18.8 Å². The van der Waals surface area contributed by atoms with Crippen molar-refractivity contribution in [3.63, 3.8) is 0 Å². The van der Waals surface area contributed by atoms with Gasteiger partial charge in [0.1, 0.15) is 6.04 Å². The molecule has 2 amide bonds. The molecule has 128 valence electrons. The highest BCUT2D eigenvalue weighted by molar-refractivity contribution is 7.15. The number of hydroxylamine groups is 2. The summed E-state index contributed by atoms with van der Waals surface area (Å²) in [5, 5.41) is 3.41. The van der Waals surface area contributed by atoms with Crippen LogP contribution in [0, 0.1) is 0 Å². The zero-order valence-electron chi connectivity index (χ0n) is 13.4. The molecule has 2 aliphatic heterocycles. The van der Waals surface area contributed by atoms with E-state index < -0.39 is 0 Å². The average molecular weight is 348 g/mol. The van der Waals surface area contributed by atoms with Gasteiger partial charge in [0.05, 0.1) is 18.7 Å². The normalized spacial score (nSPS) is 21.6. The van der Waals surface area contributed by atoms with Crippen molar-refractivity contribution >= 4 is 28.1 Å². The number of thiazole rings is 1. The molecular weight excluding hydrogens is 328 g/mol. The number of rotatable bonds is 3. The van der Waals surface area contributed by atoms with Gasteiger partial charge >= 0.3 is 0 Å². The smallest absolute Gasteiger partial charge is 0.268 e. The second-order valence-electron chi connectivity index (χ2n) is 6.23. The number of imidazole rings is 1. The molecule has 0 aliphatic carbocycles. The SMILES string of the molecule is O=C(C1CCCN1C(=O)Cc1cn2ccsc2n1)N1CCCCO1. The third-order valence-corrected chi connectivity index (χ3v) is 5.35. The van der Waals surface area contributed by atoms with Crippen LogP contribution in [-0.4, -0.2) is 56.9 Å². The Balaban J connectivity index is 1.44. The first-order valence-corrected chi connectivity index (χ1v) is 9.25. The highest BCUT2D eigenvalue weighted by atomic mass is 32.1. The molecule has 1 atom stereocenters. The molecule has 7 nitrogen and oxygen atoms in total. The van der Waals surface area contributed by atoms with E-state index in [-0.39, 0.29) is 24.3 Å². The summed E-state index contributed by atoms with van der Waals surface area (Å²) >= 11 is 1.54. The summed E-state index contributed by atoms with van der Waals surface area (Å²) in [7, 11) is 0. The molecule has 8 heteroatoms. The van der Waals surface area contributed by atoms with E-state index in [2.05, 4.69) is 4.98 Å². The number of carbonyl (C=O) groups is 2. The number of hydrogen-bond donors (Lipinski definition) is 0. The molecule has 4 rings (SSSR count). The standard InChI is InChI=1S/C16H20N4O3S/c21-14(10-12-11-18-7-9-24-16(18)17-12)19-5-3-4-13(19)15(22)20-6-1-2-8-23-20/h7,9,11,13H,1-6,8,10H2. The topological polar surface area (TPSA) is 67.2 Å². The van der Waals surface area contributed by atoms with Crippen LogP contribution < -0.4 is 0 Å². The van der Waals surface area contributed by atoms with E-state index in [4.69, 9.17) is 4.84 Å². The van der Waals surface area contributed by atoms with Crippen LogP contribution in [0.1, 0.15) is 31.4 Å². The van der Waals surface area contributed by atoms with E-state index in [1.807, 2.05) is 22.2 Å². The van der Waals surface area contributed by atoms with Crippen LogP contribution in [0.15, 0.2) is 17.8 Å². The fraction of sp³-hybridized carbons (Fsp3) is 0.562. The summed E-state index contributed by atoms with van der Waals surface area (Å²) in [6, 6.07) is -0.390. The lowest BCUT2D eigenvalue weighted by Gasteiger charge is -2.31. The van der Waals surface area contributed by atoms with Crippen molar-refractivity contribution in [1.82, 2.24) is 19.3 Å². The predicted molar refractivity (Wildman–Crippen MR) is 88.4 cm³/mol. The summed E-state index contributed by atoms with van der Waals surface area (Å²) in [5.74, 6) is -0.111. The fourth-order valence-corrected chi connectivity index (χ4v) is 4.10. The Kier molecular flexibility index (Phi) is 4.24. The summed E-state index contributed by atoms with van der Waals surface area (Å²) in [4.78, 5) is 37.8. The first kappa shape index (κ1) is 15.6. The first-order chi connectivity index (χ1) is 11.7. The van der Waals surface area contributed by atoms with Crippen molar-refractivity contribution < 1.29 is 14.4 Å². The summed E-state index contributed by atoms with van der Waals surface area (Å²) in [6.07, 6.45) is 7.55. The van der Waals surface area contributed by atoms with Crippen LogP contribution in [0.2, 0.25) is 0 Å². The number of amides is 2. The molecule has 0 saturated carbocycles. The molecule has 0 bridgehead atoms. The predicted octanol–water partition coefficient (Wildman–Crippen LogP) is 1.48. The van der Waals surface area contributed by atoms with Gasteiger partial charge in [-0.15, -0.1) is 11.3 Å². The molecule has 0 aromatic carbocycles. The van der Waals surface area contributed by atoms with Crippen LogP contribution in [0.4, 0.5) is 0 Å². The number of fused-ring (bicyclic) bond motifs is 1. The maximum absolute atomic E-state index is 12.7. The second kappa shape index (κ2) is 6.52. The number of likely N-dealkylation sites (tertiary alicyclic amines) is 1. The minimum atomic E-state index is -0.390. The van der Waals surface area contributed by atoms with Gasteiger partial charge in [-0.1, -0.05) is 0 Å². The van der Waals surface area contributed by atoms with Gasteiger partial charge in [-0.05, 0) is 25.7 Å². The Labute approximate surface area is 143 Å². The van der Waals surface area contributed by atoms with Crippen molar-refractivity contribution in [3.05, 3.63) is 23.5 Å². The summed E-state index contributed by atoms with van der Waals surface area (Å²) < 4.78 is 1.92. The monoisotopic (exact) mass is 348 g/mol. The fourth-order valence-electron chi connectivity index (χ4n) is 3.38. The van der Waals surface area contributed by atoms with Crippen LogP contribution in [0.25, 0.3) is 4.96 Å². The van der Waals surface area contributed by atoms with E-state index >= 15 is 0 Å². The molecule has 2 aromatic heterocycles. The molecule has 24 heavy (non-hydrogen) atoms. The third kappa shape index (κ3) is 2.91. The lowest BCUT2D eigenvalue weighted by atomic mass is 10.2. The van der Waals surface area contributed by atoms with Crippen LogP contribution in [0.5, 0.6) is 0 Å². The van der Waals surface area contributed by atoms with Crippen molar-refractivity contribution in [2.75, 3.05) is 19.7 Å². The molecule has 0 spiro atoms. The molecule has 0 N–H and O–H groups in total. The Hall–Kier alpha value is -1.93. The van der Waals surface area contributed by atoms with Crippen molar-refractivity contribution in [1.29, 1.82) is 0 Å². The van der Waals surface area contributed by atoms with Gasteiger partial charge in [0.2, 0.25) is 5.91 Å². The molecule has 2 saturated heterocycles. The van der Waals surface area contributed by atoms with Gasteiger partial charge in [-0.2, -0.15) is 0 Å². The van der Waals surface area contributed by atoms with Gasteiger partial charge in [-0.25, -0.2) is 10.0 Å². The molecule has 2 aromatic rings. The van der Waals surface area contributed by atoms with Crippen LogP contribution in [-0.2, 0) is 20.8 Å². The van der Waals surface area contributed by atoms with E-state index in [1.165, 1.54) is 5.06 Å². The third-order valence-electron chi connectivity index (χ3n) is 4.58. The largest absolute Gasteiger partial charge is 0.330 e. The highest BCUT2D eigenvalue weighted by Gasteiger charge is 2.37. The number of carbonyl (C=O) groups excluding carboxylic acids is 2. The van der Waals surface area contributed by atoms with Gasteiger partial charge < -0.3 is 4.90 Å². The van der Waals surface area contributed by atoms with Crippen molar-refractivity contribution in [3.8, 4) is 0 Å². The van der Waals surface area contributed by atoms with Gasteiger partial charge in [0.25, 0.3) is 5.91 Å². The number of nitrogens with zero attached hydrogens (tertiary/aromatic N) is 4. The molecule has 1 unspecified atom stereocenters. The van der Waals surface area contributed by atoms with E-state index in [9.17, 15) is 9.59 Å². The lowest BCUT2D eigenvalue weighted by Crippen LogP contribution is -2.49. The van der Waals surface area contributed by atoms with Crippen molar-refractivity contribution in [2.24, 2.45) is 0 Å². The van der Waals surface area contributed by atoms with Gasteiger partial charge in [0.15, 0.2) is 4.96 Å². The minimum Gasteiger partial charge on any atom is -0.330 e.